The molecule has 0 radical (unpaired) electrons. The summed E-state index contributed by atoms with van der Waals surface area (Å²) in [6.07, 6.45) is 2.48. The molecule has 7 heteroatoms. The number of likely N-dealkylation sites (tertiary alicyclic amines) is 1. The van der Waals surface area contributed by atoms with Gasteiger partial charge in [-0.2, -0.15) is 0 Å². The van der Waals surface area contributed by atoms with Gasteiger partial charge in [0.15, 0.2) is 11.3 Å². The van der Waals surface area contributed by atoms with Gasteiger partial charge in [0.1, 0.15) is 6.61 Å². The van der Waals surface area contributed by atoms with Crippen molar-refractivity contribution < 1.29 is 19.1 Å². The van der Waals surface area contributed by atoms with Crippen molar-refractivity contribution in [3.8, 4) is 0 Å². The Bertz CT molecular complexity index is 989. The fourth-order valence-electron chi connectivity index (χ4n) is 4.89. The first-order chi connectivity index (χ1) is 16.5. The zero-order valence-electron chi connectivity index (χ0n) is 19.7. The maximum absolute atomic E-state index is 13.7. The molecule has 3 atom stereocenters. The Morgan fingerprint density at radius 2 is 1.79 bits per heavy atom. The number of ether oxygens (including phenoxy) is 1. The summed E-state index contributed by atoms with van der Waals surface area (Å²) in [5, 5.41) is 6.20. The van der Waals surface area contributed by atoms with E-state index in [9.17, 15) is 14.4 Å². The average molecular weight is 464 g/mol. The summed E-state index contributed by atoms with van der Waals surface area (Å²) in [4.78, 5) is 41.7. The Hall–Kier alpha value is -3.03. The van der Waals surface area contributed by atoms with Crippen LogP contribution in [-0.2, 0) is 25.7 Å². The van der Waals surface area contributed by atoms with E-state index in [2.05, 4.69) is 10.6 Å². The van der Waals surface area contributed by atoms with Crippen LogP contribution in [0.5, 0.6) is 0 Å². The molecule has 2 aliphatic heterocycles. The SMILES string of the molecule is CC(NC(=O)C1(C(=O)N2CCCC2C(=O)COCc2ccccc2)CCCN1)c1ccccc1. The number of nitrogens with zero attached hydrogens (tertiary/aromatic N) is 1. The number of rotatable bonds is 9. The number of ketones is 1. The predicted octanol–water partition coefficient (Wildman–Crippen LogP) is 2.76. The molecule has 2 aliphatic rings. The zero-order chi connectivity index (χ0) is 24.0. The molecule has 7 nitrogen and oxygen atoms in total. The molecule has 2 amide bonds. The molecule has 4 rings (SSSR count). The third-order valence-electron chi connectivity index (χ3n) is 6.80. The van der Waals surface area contributed by atoms with Crippen LogP contribution in [0.4, 0.5) is 0 Å². The third kappa shape index (κ3) is 5.21. The fourth-order valence-corrected chi connectivity index (χ4v) is 4.89. The Morgan fingerprint density at radius 3 is 2.47 bits per heavy atom. The van der Waals surface area contributed by atoms with E-state index in [1.165, 1.54) is 0 Å². The maximum Gasteiger partial charge on any atom is 0.253 e. The van der Waals surface area contributed by atoms with Gasteiger partial charge in [-0.25, -0.2) is 0 Å². The van der Waals surface area contributed by atoms with E-state index in [0.717, 1.165) is 24.0 Å². The quantitative estimate of drug-likeness (QED) is 0.559. The number of carbonyl (C=O) groups is 3. The largest absolute Gasteiger partial charge is 0.369 e. The van der Waals surface area contributed by atoms with Crippen LogP contribution in [0.1, 0.15) is 49.8 Å². The normalized spacial score (nSPS) is 23.0. The molecule has 0 aromatic heterocycles. The second kappa shape index (κ2) is 10.9. The molecule has 0 spiro atoms. The van der Waals surface area contributed by atoms with Gasteiger partial charge in [-0.05, 0) is 50.3 Å². The lowest BCUT2D eigenvalue weighted by Crippen LogP contribution is -2.64. The summed E-state index contributed by atoms with van der Waals surface area (Å²) in [6, 6.07) is 18.6. The highest BCUT2D eigenvalue weighted by Crippen LogP contribution is 2.29. The van der Waals surface area contributed by atoms with E-state index in [1.807, 2.05) is 67.6 Å². The molecule has 34 heavy (non-hydrogen) atoms. The summed E-state index contributed by atoms with van der Waals surface area (Å²) in [5.41, 5.74) is 0.630. The number of Topliss-reactive ketones (excluding diaryl/α,β-unsaturated/α-hetero) is 1. The Kier molecular flexibility index (Phi) is 7.75. The van der Waals surface area contributed by atoms with Crippen LogP contribution in [0.2, 0.25) is 0 Å². The zero-order valence-corrected chi connectivity index (χ0v) is 19.7. The van der Waals surface area contributed by atoms with Gasteiger partial charge in [-0.15, -0.1) is 0 Å². The van der Waals surface area contributed by atoms with E-state index in [0.29, 0.717) is 32.5 Å². The van der Waals surface area contributed by atoms with Gasteiger partial charge in [0.25, 0.3) is 11.8 Å². The molecule has 3 unspecified atom stereocenters. The molecular formula is C27H33N3O4. The molecule has 2 saturated heterocycles. The summed E-state index contributed by atoms with van der Waals surface area (Å²) in [6.45, 7) is 3.26. The number of hydrogen-bond acceptors (Lipinski definition) is 5. The maximum atomic E-state index is 13.7. The van der Waals surface area contributed by atoms with E-state index in [1.54, 1.807) is 4.90 Å². The molecule has 0 bridgehead atoms. The Balaban J connectivity index is 1.41. The molecule has 2 aromatic rings. The predicted molar refractivity (Wildman–Crippen MR) is 129 cm³/mol. The second-order valence-corrected chi connectivity index (χ2v) is 9.14. The lowest BCUT2D eigenvalue weighted by atomic mass is 9.92. The average Bonchev–Trinajstić information content (AvgIpc) is 3.56. The van der Waals surface area contributed by atoms with Gasteiger partial charge in [-0.3, -0.25) is 19.7 Å². The lowest BCUT2D eigenvalue weighted by Gasteiger charge is -2.35. The van der Waals surface area contributed by atoms with E-state index in [-0.39, 0.29) is 30.2 Å². The first kappa shape index (κ1) is 24.1. The van der Waals surface area contributed by atoms with Crippen molar-refractivity contribution in [2.45, 2.75) is 56.8 Å². The van der Waals surface area contributed by atoms with Crippen molar-refractivity contribution in [2.24, 2.45) is 0 Å². The van der Waals surface area contributed by atoms with Gasteiger partial charge in [-0.1, -0.05) is 60.7 Å². The fraction of sp³-hybridized carbons (Fsp3) is 0.444. The topological polar surface area (TPSA) is 87.7 Å². The number of carbonyl (C=O) groups excluding carboxylic acids is 3. The Labute approximate surface area is 200 Å². The van der Waals surface area contributed by atoms with Gasteiger partial charge < -0.3 is 15.0 Å². The van der Waals surface area contributed by atoms with E-state index >= 15 is 0 Å². The van der Waals surface area contributed by atoms with Gasteiger partial charge in [0.2, 0.25) is 0 Å². The van der Waals surface area contributed by atoms with Crippen molar-refractivity contribution in [3.05, 3.63) is 71.8 Å². The van der Waals surface area contributed by atoms with Crippen molar-refractivity contribution in [1.29, 1.82) is 0 Å². The minimum absolute atomic E-state index is 0.0546. The van der Waals surface area contributed by atoms with Gasteiger partial charge >= 0.3 is 0 Å². The summed E-state index contributed by atoms with van der Waals surface area (Å²) in [5.74, 6) is -0.751. The van der Waals surface area contributed by atoms with Gasteiger partial charge in [0.05, 0.1) is 18.7 Å². The van der Waals surface area contributed by atoms with Crippen LogP contribution >= 0.6 is 0 Å². The number of benzene rings is 2. The highest BCUT2D eigenvalue weighted by Gasteiger charge is 2.52. The molecule has 0 saturated carbocycles. The molecule has 2 heterocycles. The third-order valence-corrected chi connectivity index (χ3v) is 6.80. The van der Waals surface area contributed by atoms with Crippen LogP contribution in [0.3, 0.4) is 0 Å². The second-order valence-electron chi connectivity index (χ2n) is 9.14. The first-order valence-electron chi connectivity index (χ1n) is 12.1. The van der Waals surface area contributed by atoms with Crippen molar-refractivity contribution >= 4 is 17.6 Å². The van der Waals surface area contributed by atoms with E-state index in [4.69, 9.17) is 4.74 Å². The smallest absolute Gasteiger partial charge is 0.253 e. The van der Waals surface area contributed by atoms with Crippen molar-refractivity contribution in [1.82, 2.24) is 15.5 Å². The minimum Gasteiger partial charge on any atom is -0.369 e. The summed E-state index contributed by atoms with van der Waals surface area (Å²) in [7, 11) is 0. The number of nitrogens with one attached hydrogen (secondary N) is 2. The number of hydrogen-bond donors (Lipinski definition) is 2. The molecule has 2 aromatic carbocycles. The highest BCUT2D eigenvalue weighted by atomic mass is 16.5. The molecule has 2 fully saturated rings. The molecule has 2 N–H and O–H groups in total. The van der Waals surface area contributed by atoms with Crippen LogP contribution in [-0.4, -0.2) is 53.8 Å². The van der Waals surface area contributed by atoms with Crippen molar-refractivity contribution in [3.63, 3.8) is 0 Å². The minimum atomic E-state index is -1.34. The van der Waals surface area contributed by atoms with Crippen LogP contribution in [0, 0.1) is 0 Å². The monoisotopic (exact) mass is 463 g/mol. The standard InChI is InChI=1S/C27H33N3O4/c1-20(22-12-6-3-7-13-22)29-25(32)27(15-9-16-28-27)26(33)30-17-8-14-23(30)24(31)19-34-18-21-10-4-2-5-11-21/h2-7,10-13,20,23,28H,8-9,14-19H2,1H3,(H,29,32). The van der Waals surface area contributed by atoms with Crippen molar-refractivity contribution in [2.75, 3.05) is 19.7 Å². The van der Waals surface area contributed by atoms with Crippen LogP contribution in [0.25, 0.3) is 0 Å². The van der Waals surface area contributed by atoms with Gasteiger partial charge in [0, 0.05) is 6.54 Å². The Morgan fingerprint density at radius 1 is 1.09 bits per heavy atom. The molecule has 180 valence electrons. The molecular weight excluding hydrogens is 430 g/mol. The highest BCUT2D eigenvalue weighted by molar-refractivity contribution is 6.11. The number of amides is 2. The lowest BCUT2D eigenvalue weighted by molar-refractivity contribution is -0.149. The summed E-state index contributed by atoms with van der Waals surface area (Å²) >= 11 is 0. The van der Waals surface area contributed by atoms with E-state index < -0.39 is 11.6 Å². The van der Waals surface area contributed by atoms with Crippen LogP contribution in [0.15, 0.2) is 60.7 Å². The first-order valence-corrected chi connectivity index (χ1v) is 12.1. The molecule has 0 aliphatic carbocycles. The summed E-state index contributed by atoms with van der Waals surface area (Å²) < 4.78 is 5.64. The van der Waals surface area contributed by atoms with Crippen LogP contribution < -0.4 is 10.6 Å².